The minimum atomic E-state index is -0.893. The van der Waals surface area contributed by atoms with Crippen molar-refractivity contribution in [1.29, 1.82) is 0 Å². The number of ether oxygens (including phenoxy) is 1. The first kappa shape index (κ1) is 25.3. The summed E-state index contributed by atoms with van der Waals surface area (Å²) in [6.45, 7) is 12.4. The van der Waals surface area contributed by atoms with Crippen molar-refractivity contribution >= 4 is 23.1 Å². The SMILES string of the molecule is CCOc1ccc(/C(O)=C2/C(=O)C(=O)N(c3ccc(CC)cc3)C2c2ccc(C)o2)cc1C(C)(C)C. The third kappa shape index (κ3) is 4.55. The van der Waals surface area contributed by atoms with Gasteiger partial charge in [0, 0.05) is 16.8 Å². The van der Waals surface area contributed by atoms with Gasteiger partial charge in [-0.05, 0) is 73.7 Å². The molecule has 6 heteroatoms. The second-order valence-electron chi connectivity index (χ2n) is 10.0. The standard InChI is InChI=1S/C30H33NO5/c1-7-19-10-13-21(14-11-19)31-26(24-15-9-18(3)36-24)25(28(33)29(31)34)27(32)20-12-16-23(35-8-2)22(17-20)30(4,5)6/h9-17,26,32H,7-8H2,1-6H3/b27-25-. The van der Waals surface area contributed by atoms with Crippen molar-refractivity contribution in [1.82, 2.24) is 0 Å². The van der Waals surface area contributed by atoms with Crippen LogP contribution >= 0.6 is 0 Å². The fourth-order valence-electron chi connectivity index (χ4n) is 4.56. The smallest absolute Gasteiger partial charge is 0.300 e. The Balaban J connectivity index is 1.91. The van der Waals surface area contributed by atoms with Gasteiger partial charge in [0.15, 0.2) is 0 Å². The van der Waals surface area contributed by atoms with Gasteiger partial charge in [-0.2, -0.15) is 0 Å². The van der Waals surface area contributed by atoms with Crippen LogP contribution in [0.4, 0.5) is 5.69 Å². The Bertz CT molecular complexity index is 1320. The maximum atomic E-state index is 13.4. The average molecular weight is 488 g/mol. The maximum Gasteiger partial charge on any atom is 0.300 e. The second kappa shape index (κ2) is 9.69. The summed E-state index contributed by atoms with van der Waals surface area (Å²) in [5.74, 6) is 0.0757. The van der Waals surface area contributed by atoms with E-state index >= 15 is 0 Å². The number of aliphatic hydroxyl groups is 1. The summed E-state index contributed by atoms with van der Waals surface area (Å²) < 4.78 is 11.7. The molecule has 4 rings (SSSR count). The van der Waals surface area contributed by atoms with Gasteiger partial charge in [0.05, 0.1) is 12.2 Å². The quantitative estimate of drug-likeness (QED) is 0.245. The second-order valence-corrected chi connectivity index (χ2v) is 10.0. The number of hydrogen-bond donors (Lipinski definition) is 1. The average Bonchev–Trinajstić information content (AvgIpc) is 3.39. The highest BCUT2D eigenvalue weighted by Gasteiger charge is 2.48. The lowest BCUT2D eigenvalue weighted by molar-refractivity contribution is -0.132. The third-order valence-electron chi connectivity index (χ3n) is 6.46. The summed E-state index contributed by atoms with van der Waals surface area (Å²) in [4.78, 5) is 28.1. The van der Waals surface area contributed by atoms with Crippen LogP contribution in [0.25, 0.3) is 5.76 Å². The molecule has 1 aliphatic heterocycles. The van der Waals surface area contributed by atoms with E-state index in [1.54, 1.807) is 31.2 Å². The molecule has 188 valence electrons. The first-order valence-corrected chi connectivity index (χ1v) is 12.3. The molecule has 3 aromatic rings. The maximum absolute atomic E-state index is 13.4. The molecule has 0 spiro atoms. The number of nitrogens with zero attached hydrogens (tertiary/aromatic N) is 1. The molecule has 2 aromatic carbocycles. The van der Waals surface area contributed by atoms with Crippen molar-refractivity contribution in [2.75, 3.05) is 11.5 Å². The number of hydrogen-bond acceptors (Lipinski definition) is 5. The Morgan fingerprint density at radius 2 is 1.72 bits per heavy atom. The summed E-state index contributed by atoms with van der Waals surface area (Å²) in [5, 5.41) is 11.5. The monoisotopic (exact) mass is 487 g/mol. The predicted molar refractivity (Wildman–Crippen MR) is 140 cm³/mol. The van der Waals surface area contributed by atoms with Gasteiger partial charge in [0.25, 0.3) is 11.7 Å². The fourth-order valence-corrected chi connectivity index (χ4v) is 4.56. The molecule has 1 unspecified atom stereocenters. The van der Waals surface area contributed by atoms with Crippen LogP contribution in [0.2, 0.25) is 0 Å². The Morgan fingerprint density at radius 1 is 1.03 bits per heavy atom. The van der Waals surface area contributed by atoms with Crippen LogP contribution in [0.1, 0.15) is 68.9 Å². The number of benzene rings is 2. The van der Waals surface area contributed by atoms with Crippen LogP contribution in [-0.2, 0) is 21.4 Å². The normalized spacial score (nSPS) is 17.6. The number of carbonyl (C=O) groups excluding carboxylic acids is 2. The van der Waals surface area contributed by atoms with Gasteiger partial charge in [0.1, 0.15) is 29.1 Å². The van der Waals surface area contributed by atoms with Gasteiger partial charge in [-0.15, -0.1) is 0 Å². The topological polar surface area (TPSA) is 80.0 Å². The minimum absolute atomic E-state index is 0.00191. The summed E-state index contributed by atoms with van der Waals surface area (Å²) in [6.07, 6.45) is 0.855. The van der Waals surface area contributed by atoms with E-state index in [0.717, 1.165) is 23.3 Å². The molecule has 0 radical (unpaired) electrons. The Morgan fingerprint density at radius 3 is 2.28 bits per heavy atom. The van der Waals surface area contributed by atoms with Crippen molar-refractivity contribution in [2.24, 2.45) is 0 Å². The molecule has 36 heavy (non-hydrogen) atoms. The number of furan rings is 1. The van der Waals surface area contributed by atoms with Gasteiger partial charge in [-0.25, -0.2) is 0 Å². The molecule has 1 aliphatic rings. The summed E-state index contributed by atoms with van der Waals surface area (Å²) in [5.41, 5.74) is 2.74. The van der Waals surface area contributed by atoms with Gasteiger partial charge in [0.2, 0.25) is 0 Å². The van der Waals surface area contributed by atoms with E-state index in [0.29, 0.717) is 29.4 Å². The molecule has 1 N–H and O–H groups in total. The predicted octanol–water partition coefficient (Wildman–Crippen LogP) is 6.47. The molecular formula is C30H33NO5. The van der Waals surface area contributed by atoms with Crippen LogP contribution < -0.4 is 9.64 Å². The van der Waals surface area contributed by atoms with E-state index in [1.165, 1.54) is 4.90 Å². The zero-order valence-corrected chi connectivity index (χ0v) is 21.7. The summed E-state index contributed by atoms with van der Waals surface area (Å²) in [6, 6.07) is 15.5. The zero-order chi connectivity index (χ0) is 26.2. The first-order valence-electron chi connectivity index (χ1n) is 12.3. The molecule has 1 aromatic heterocycles. The molecular weight excluding hydrogens is 454 g/mol. The molecule has 1 saturated heterocycles. The van der Waals surface area contributed by atoms with Gasteiger partial charge >= 0.3 is 0 Å². The van der Waals surface area contributed by atoms with E-state index in [-0.39, 0.29) is 16.7 Å². The van der Waals surface area contributed by atoms with Crippen molar-refractivity contribution in [3.05, 3.63) is 88.4 Å². The van der Waals surface area contributed by atoms with Crippen LogP contribution in [-0.4, -0.2) is 23.4 Å². The van der Waals surface area contributed by atoms with Crippen LogP contribution in [0.15, 0.2) is 64.6 Å². The number of aliphatic hydroxyl groups excluding tert-OH is 1. The number of anilines is 1. The third-order valence-corrected chi connectivity index (χ3v) is 6.46. The molecule has 0 bridgehead atoms. The van der Waals surface area contributed by atoms with Crippen LogP contribution in [0.3, 0.4) is 0 Å². The summed E-state index contributed by atoms with van der Waals surface area (Å²) in [7, 11) is 0. The highest BCUT2D eigenvalue weighted by atomic mass is 16.5. The van der Waals surface area contributed by atoms with Crippen LogP contribution in [0.5, 0.6) is 5.75 Å². The fraction of sp³-hybridized carbons (Fsp3) is 0.333. The van der Waals surface area contributed by atoms with Crippen molar-refractivity contribution in [3.8, 4) is 5.75 Å². The van der Waals surface area contributed by atoms with E-state index in [2.05, 4.69) is 27.7 Å². The highest BCUT2D eigenvalue weighted by Crippen LogP contribution is 2.43. The van der Waals surface area contributed by atoms with Crippen LogP contribution in [0, 0.1) is 6.92 Å². The van der Waals surface area contributed by atoms with E-state index < -0.39 is 17.7 Å². The number of Topliss-reactive ketones (excluding diaryl/α,β-unsaturated/α-hetero) is 1. The number of carbonyl (C=O) groups is 2. The molecule has 6 nitrogen and oxygen atoms in total. The minimum Gasteiger partial charge on any atom is -0.507 e. The summed E-state index contributed by atoms with van der Waals surface area (Å²) >= 11 is 0. The lowest BCUT2D eigenvalue weighted by Gasteiger charge is -2.25. The van der Waals surface area contributed by atoms with Gasteiger partial charge in [-0.1, -0.05) is 39.8 Å². The molecule has 2 heterocycles. The number of ketones is 1. The molecule has 0 aliphatic carbocycles. The largest absolute Gasteiger partial charge is 0.507 e. The molecule has 0 saturated carbocycles. The van der Waals surface area contributed by atoms with Crippen molar-refractivity contribution < 1.29 is 23.8 Å². The number of amides is 1. The van der Waals surface area contributed by atoms with E-state index in [9.17, 15) is 14.7 Å². The lowest BCUT2D eigenvalue weighted by atomic mass is 9.84. The Kier molecular flexibility index (Phi) is 6.81. The zero-order valence-electron chi connectivity index (χ0n) is 21.7. The van der Waals surface area contributed by atoms with Crippen molar-refractivity contribution in [3.63, 3.8) is 0 Å². The van der Waals surface area contributed by atoms with Crippen molar-refractivity contribution in [2.45, 2.75) is 59.4 Å². The molecule has 1 atom stereocenters. The highest BCUT2D eigenvalue weighted by molar-refractivity contribution is 6.51. The number of rotatable bonds is 6. The molecule has 1 fully saturated rings. The Labute approximate surface area is 212 Å². The van der Waals surface area contributed by atoms with Gasteiger partial charge in [-0.3, -0.25) is 14.5 Å². The number of aryl methyl sites for hydroxylation is 2. The first-order chi connectivity index (χ1) is 17.1. The van der Waals surface area contributed by atoms with Gasteiger partial charge < -0.3 is 14.3 Å². The van der Waals surface area contributed by atoms with E-state index in [1.807, 2.05) is 37.3 Å². The van der Waals surface area contributed by atoms with E-state index in [4.69, 9.17) is 9.15 Å². The molecule has 1 amide bonds. The lowest BCUT2D eigenvalue weighted by Crippen LogP contribution is -2.29. The Hall–Kier alpha value is -3.80.